The first-order valence-corrected chi connectivity index (χ1v) is 6.88. The molecule has 19 heavy (non-hydrogen) atoms. The van der Waals surface area contributed by atoms with Crippen molar-refractivity contribution in [1.29, 1.82) is 0 Å². The summed E-state index contributed by atoms with van der Waals surface area (Å²) in [5, 5.41) is 11.8. The van der Waals surface area contributed by atoms with E-state index in [-0.39, 0.29) is 29.7 Å². The fourth-order valence-corrected chi connectivity index (χ4v) is 2.40. The molecular formula is C14H25NO4. The molecule has 1 amide bonds. The van der Waals surface area contributed by atoms with E-state index in [0.717, 1.165) is 12.8 Å². The molecule has 5 heteroatoms. The van der Waals surface area contributed by atoms with Gasteiger partial charge in [-0.25, -0.2) is 0 Å². The molecule has 0 bridgehead atoms. The maximum absolute atomic E-state index is 12.1. The number of hydrogen-bond donors (Lipinski definition) is 2. The second-order valence-corrected chi connectivity index (χ2v) is 6.45. The van der Waals surface area contributed by atoms with Gasteiger partial charge in [0.1, 0.15) is 0 Å². The van der Waals surface area contributed by atoms with Crippen molar-refractivity contribution in [3.8, 4) is 0 Å². The minimum Gasteiger partial charge on any atom is -0.481 e. The van der Waals surface area contributed by atoms with E-state index >= 15 is 0 Å². The SMILES string of the molecule is CC(C)(C)CC(CC(=O)O)NC(=O)C1CCOCC1. The second-order valence-electron chi connectivity index (χ2n) is 6.45. The number of carbonyl (C=O) groups is 2. The Morgan fingerprint density at radius 2 is 1.89 bits per heavy atom. The van der Waals surface area contributed by atoms with Gasteiger partial charge < -0.3 is 15.2 Å². The van der Waals surface area contributed by atoms with Gasteiger partial charge in [-0.2, -0.15) is 0 Å². The molecule has 1 heterocycles. The average molecular weight is 271 g/mol. The van der Waals surface area contributed by atoms with E-state index in [4.69, 9.17) is 9.84 Å². The van der Waals surface area contributed by atoms with Crippen LogP contribution in [0.5, 0.6) is 0 Å². The van der Waals surface area contributed by atoms with Crippen molar-refractivity contribution in [1.82, 2.24) is 5.32 Å². The van der Waals surface area contributed by atoms with Crippen LogP contribution in [0.1, 0.15) is 46.5 Å². The molecule has 5 nitrogen and oxygen atoms in total. The summed E-state index contributed by atoms with van der Waals surface area (Å²) in [6.07, 6.45) is 2.09. The molecule has 2 N–H and O–H groups in total. The predicted molar refractivity (Wildman–Crippen MR) is 71.8 cm³/mol. The lowest BCUT2D eigenvalue weighted by molar-refractivity contribution is -0.138. The van der Waals surface area contributed by atoms with E-state index in [1.807, 2.05) is 20.8 Å². The number of aliphatic carboxylic acids is 1. The molecule has 0 aromatic heterocycles. The minimum atomic E-state index is -0.874. The Labute approximate surface area is 114 Å². The normalized spacial score (nSPS) is 18.9. The standard InChI is InChI=1S/C14H25NO4/c1-14(2,3)9-11(8-12(16)17)15-13(18)10-4-6-19-7-5-10/h10-11H,4-9H2,1-3H3,(H,15,18)(H,16,17). The highest BCUT2D eigenvalue weighted by Crippen LogP contribution is 2.23. The third-order valence-electron chi connectivity index (χ3n) is 3.22. The van der Waals surface area contributed by atoms with Crippen molar-refractivity contribution >= 4 is 11.9 Å². The molecule has 0 aliphatic carbocycles. The number of rotatable bonds is 5. The molecule has 0 saturated carbocycles. The van der Waals surface area contributed by atoms with E-state index in [1.165, 1.54) is 0 Å². The highest BCUT2D eigenvalue weighted by Gasteiger charge is 2.27. The van der Waals surface area contributed by atoms with Gasteiger partial charge in [0.25, 0.3) is 0 Å². The fourth-order valence-electron chi connectivity index (χ4n) is 2.40. The molecule has 110 valence electrons. The molecule has 1 aliphatic heterocycles. The Morgan fingerprint density at radius 1 is 1.32 bits per heavy atom. The number of carboxylic acid groups (broad SMARTS) is 1. The lowest BCUT2D eigenvalue weighted by atomic mass is 9.86. The Kier molecular flexibility index (Phi) is 5.79. The number of carbonyl (C=O) groups excluding carboxylic acids is 1. The predicted octanol–water partition coefficient (Wildman–Crippen LogP) is 1.81. The van der Waals surface area contributed by atoms with E-state index < -0.39 is 5.97 Å². The zero-order chi connectivity index (χ0) is 14.5. The zero-order valence-corrected chi connectivity index (χ0v) is 12.1. The van der Waals surface area contributed by atoms with Gasteiger partial charge in [0.15, 0.2) is 0 Å². The summed E-state index contributed by atoms with van der Waals surface area (Å²) in [7, 11) is 0. The van der Waals surface area contributed by atoms with E-state index in [1.54, 1.807) is 0 Å². The van der Waals surface area contributed by atoms with E-state index in [2.05, 4.69) is 5.32 Å². The van der Waals surface area contributed by atoms with Crippen LogP contribution < -0.4 is 5.32 Å². The molecule has 0 spiro atoms. The van der Waals surface area contributed by atoms with Gasteiger partial charge in [-0.05, 0) is 24.7 Å². The van der Waals surface area contributed by atoms with Crippen LogP contribution in [0.3, 0.4) is 0 Å². The van der Waals surface area contributed by atoms with Crippen molar-refractivity contribution in [2.24, 2.45) is 11.3 Å². The maximum Gasteiger partial charge on any atom is 0.305 e. The first-order chi connectivity index (χ1) is 8.78. The average Bonchev–Trinajstić information content (AvgIpc) is 2.26. The van der Waals surface area contributed by atoms with Crippen LogP contribution in [-0.2, 0) is 14.3 Å². The Bertz CT molecular complexity index is 316. The van der Waals surface area contributed by atoms with Gasteiger partial charge in [-0.1, -0.05) is 20.8 Å². The molecule has 0 radical (unpaired) electrons. The Balaban J connectivity index is 2.54. The molecule has 1 fully saturated rings. The van der Waals surface area contributed by atoms with Crippen LogP contribution in [0.15, 0.2) is 0 Å². The largest absolute Gasteiger partial charge is 0.481 e. The molecule has 1 rings (SSSR count). The van der Waals surface area contributed by atoms with Crippen LogP contribution in [0.2, 0.25) is 0 Å². The molecule has 0 aromatic carbocycles. The quantitative estimate of drug-likeness (QED) is 0.799. The molecule has 0 aromatic rings. The van der Waals surface area contributed by atoms with E-state index in [0.29, 0.717) is 19.6 Å². The van der Waals surface area contributed by atoms with Crippen molar-refractivity contribution in [2.75, 3.05) is 13.2 Å². The van der Waals surface area contributed by atoms with E-state index in [9.17, 15) is 9.59 Å². The summed E-state index contributed by atoms with van der Waals surface area (Å²) in [5.41, 5.74) is -0.0108. The molecule has 1 atom stereocenters. The number of ether oxygens (including phenoxy) is 1. The monoisotopic (exact) mass is 271 g/mol. The highest BCUT2D eigenvalue weighted by atomic mass is 16.5. The minimum absolute atomic E-state index is 0.0108. The number of carboxylic acids is 1. The van der Waals surface area contributed by atoms with Crippen LogP contribution in [0, 0.1) is 11.3 Å². The smallest absolute Gasteiger partial charge is 0.305 e. The third-order valence-corrected chi connectivity index (χ3v) is 3.22. The topological polar surface area (TPSA) is 75.6 Å². The molecule has 1 saturated heterocycles. The highest BCUT2D eigenvalue weighted by molar-refractivity contribution is 5.79. The molecule has 1 unspecified atom stereocenters. The van der Waals surface area contributed by atoms with Gasteiger partial charge in [0.2, 0.25) is 5.91 Å². The lowest BCUT2D eigenvalue weighted by Gasteiger charge is -2.28. The first-order valence-electron chi connectivity index (χ1n) is 6.88. The summed E-state index contributed by atoms with van der Waals surface area (Å²) in [4.78, 5) is 23.0. The summed E-state index contributed by atoms with van der Waals surface area (Å²) >= 11 is 0. The first kappa shape index (κ1) is 16.0. The van der Waals surface area contributed by atoms with Crippen molar-refractivity contribution in [2.45, 2.75) is 52.5 Å². The molecule has 1 aliphatic rings. The fraction of sp³-hybridized carbons (Fsp3) is 0.857. The summed E-state index contributed by atoms with van der Waals surface area (Å²) in [6, 6.07) is -0.298. The zero-order valence-electron chi connectivity index (χ0n) is 12.1. The second kappa shape index (κ2) is 6.89. The van der Waals surface area contributed by atoms with Crippen LogP contribution in [0.25, 0.3) is 0 Å². The maximum atomic E-state index is 12.1. The number of amides is 1. The van der Waals surface area contributed by atoms with Gasteiger partial charge in [-0.3, -0.25) is 9.59 Å². The van der Waals surface area contributed by atoms with Crippen LogP contribution in [-0.4, -0.2) is 36.2 Å². The van der Waals surface area contributed by atoms with Gasteiger partial charge in [-0.15, -0.1) is 0 Å². The van der Waals surface area contributed by atoms with Gasteiger partial charge >= 0.3 is 5.97 Å². The summed E-state index contributed by atoms with van der Waals surface area (Å²) < 4.78 is 5.23. The molecular weight excluding hydrogens is 246 g/mol. The van der Waals surface area contributed by atoms with Crippen molar-refractivity contribution < 1.29 is 19.4 Å². The van der Waals surface area contributed by atoms with Gasteiger partial charge in [0.05, 0.1) is 6.42 Å². The number of nitrogens with one attached hydrogen (secondary N) is 1. The summed E-state index contributed by atoms with van der Waals surface area (Å²) in [6.45, 7) is 7.36. The number of hydrogen-bond acceptors (Lipinski definition) is 3. The van der Waals surface area contributed by atoms with Crippen molar-refractivity contribution in [3.05, 3.63) is 0 Å². The van der Waals surface area contributed by atoms with Crippen LogP contribution >= 0.6 is 0 Å². The Hall–Kier alpha value is -1.10. The Morgan fingerprint density at radius 3 is 2.37 bits per heavy atom. The van der Waals surface area contributed by atoms with Crippen molar-refractivity contribution in [3.63, 3.8) is 0 Å². The van der Waals surface area contributed by atoms with Crippen LogP contribution in [0.4, 0.5) is 0 Å². The summed E-state index contributed by atoms with van der Waals surface area (Å²) in [5.74, 6) is -0.939. The third kappa shape index (κ3) is 6.57. The van der Waals surface area contributed by atoms with Gasteiger partial charge in [0, 0.05) is 25.2 Å². The lowest BCUT2D eigenvalue weighted by Crippen LogP contribution is -2.43.